The molecule has 2 aromatic heterocycles. The molecule has 40 heavy (non-hydrogen) atoms. The van der Waals surface area contributed by atoms with Crippen molar-refractivity contribution >= 4 is 17.3 Å². The third-order valence-corrected chi connectivity index (χ3v) is 8.07. The molecule has 0 aliphatic carbocycles. The number of amidine groups is 1. The molecule has 0 radical (unpaired) electrons. The highest BCUT2D eigenvalue weighted by atomic mass is 16.2. The molecular formula is C33H49N6O+. The van der Waals surface area contributed by atoms with E-state index in [4.69, 9.17) is 16.2 Å². The van der Waals surface area contributed by atoms with Gasteiger partial charge in [-0.3, -0.25) is 15.9 Å². The van der Waals surface area contributed by atoms with E-state index in [1.165, 1.54) is 37.9 Å². The normalized spacial score (nSPS) is 14.3. The molecule has 0 atom stereocenters. The van der Waals surface area contributed by atoms with Crippen molar-refractivity contribution in [2.45, 2.75) is 72.6 Å². The van der Waals surface area contributed by atoms with E-state index in [9.17, 15) is 4.79 Å². The van der Waals surface area contributed by atoms with Gasteiger partial charge in [0.25, 0.3) is 11.7 Å². The van der Waals surface area contributed by atoms with Crippen molar-refractivity contribution in [3.8, 4) is 11.3 Å². The van der Waals surface area contributed by atoms with E-state index in [2.05, 4.69) is 38.7 Å². The summed E-state index contributed by atoms with van der Waals surface area (Å²) in [7, 11) is 0. The maximum atomic E-state index is 13.8. The fourth-order valence-corrected chi connectivity index (χ4v) is 5.51. The van der Waals surface area contributed by atoms with E-state index in [-0.39, 0.29) is 5.91 Å². The summed E-state index contributed by atoms with van der Waals surface area (Å²) in [5.74, 6) is 1.54. The average molecular weight is 546 g/mol. The summed E-state index contributed by atoms with van der Waals surface area (Å²) in [5.41, 5.74) is 11.6. The van der Waals surface area contributed by atoms with E-state index in [0.29, 0.717) is 17.7 Å². The first kappa shape index (κ1) is 29.8. The van der Waals surface area contributed by atoms with Crippen LogP contribution < -0.4 is 11.1 Å². The lowest BCUT2D eigenvalue weighted by atomic mass is 10.00. The molecule has 1 fully saturated rings. The largest absolute Gasteiger partial charge is 0.339 e. The van der Waals surface area contributed by atoms with Crippen molar-refractivity contribution in [1.82, 2.24) is 19.4 Å². The Kier molecular flexibility index (Phi) is 10.4. The van der Waals surface area contributed by atoms with Crippen molar-refractivity contribution in [3.63, 3.8) is 0 Å². The van der Waals surface area contributed by atoms with Crippen LogP contribution in [0.3, 0.4) is 0 Å². The van der Waals surface area contributed by atoms with Gasteiger partial charge < -0.3 is 9.80 Å². The van der Waals surface area contributed by atoms with Gasteiger partial charge in [0.05, 0.1) is 16.8 Å². The molecule has 4 rings (SSSR count). The number of piperidine rings is 1. The van der Waals surface area contributed by atoms with E-state index >= 15 is 0 Å². The summed E-state index contributed by atoms with van der Waals surface area (Å²) < 4.78 is 1.94. The fourth-order valence-electron chi connectivity index (χ4n) is 5.51. The zero-order chi connectivity index (χ0) is 28.6. The number of benzene rings is 1. The second kappa shape index (κ2) is 13.9. The van der Waals surface area contributed by atoms with Crippen molar-refractivity contribution < 1.29 is 10.2 Å². The summed E-state index contributed by atoms with van der Waals surface area (Å²) in [6, 6.07) is 12.0. The molecule has 1 aromatic carbocycles. The second-order valence-corrected chi connectivity index (χ2v) is 12.3. The molecular weight excluding hydrogens is 496 g/mol. The Morgan fingerprint density at radius 2 is 1.62 bits per heavy atom. The maximum Gasteiger partial charge on any atom is 0.270 e. The monoisotopic (exact) mass is 545 g/mol. The number of rotatable bonds is 13. The first-order valence-electron chi connectivity index (χ1n) is 15.2. The highest BCUT2D eigenvalue weighted by Gasteiger charge is 2.21. The number of pyridine rings is 1. The molecule has 216 valence electrons. The molecule has 1 saturated heterocycles. The Morgan fingerprint density at radius 3 is 2.23 bits per heavy atom. The maximum absolute atomic E-state index is 13.8. The summed E-state index contributed by atoms with van der Waals surface area (Å²) in [5, 5.41) is 10.8. The number of aromatic nitrogens is 2. The summed E-state index contributed by atoms with van der Waals surface area (Å²) in [6.07, 6.45) is 9.86. The number of amides is 1. The first-order chi connectivity index (χ1) is 19.2. The number of fused-ring (bicyclic) bond motifs is 1. The van der Waals surface area contributed by atoms with Crippen LogP contribution in [0.4, 0.5) is 0 Å². The number of hydrogen-bond acceptors (Lipinski definition) is 3. The first-order valence-corrected chi connectivity index (χ1v) is 15.2. The molecule has 0 unspecified atom stereocenters. The second-order valence-electron chi connectivity index (χ2n) is 12.3. The fraction of sp³-hybridized carbons (Fsp3) is 0.545. The molecule has 4 N–H and O–H groups in total. The standard InChI is InChI=1S/C33H48N6O/c1-24(2)14-20-38(21-15-25(3)4)33(40)28-16-22-39-30(23-28)29(9-8-19-37-17-6-5-7-18-37)31(36-39)26-10-12-27(13-11-26)32(34)35/h10-13,16,22-25H,5-9,14-15,17-21H2,1-4H3,(H3,34,35)/p+1. The SMILES string of the molecule is CC(C)CCN(CCC(C)C)C(=O)c1ccn2nc(-c3ccc(C(N)=[NH2+])cc3)c(CCCN3CCCCC3)c2c1. The predicted molar refractivity (Wildman–Crippen MR) is 164 cm³/mol. The molecule has 3 heterocycles. The van der Waals surface area contributed by atoms with Crippen LogP contribution in [-0.2, 0) is 6.42 Å². The molecule has 0 saturated carbocycles. The van der Waals surface area contributed by atoms with Gasteiger partial charge in [-0.15, -0.1) is 0 Å². The third-order valence-electron chi connectivity index (χ3n) is 8.07. The molecule has 7 heteroatoms. The van der Waals surface area contributed by atoms with Crippen LogP contribution >= 0.6 is 0 Å². The Hall–Kier alpha value is -3.19. The van der Waals surface area contributed by atoms with Crippen LogP contribution in [0.5, 0.6) is 0 Å². The topological polar surface area (TPSA) is 92.5 Å². The Morgan fingerprint density at radius 1 is 0.975 bits per heavy atom. The highest BCUT2D eigenvalue weighted by Crippen LogP contribution is 2.29. The zero-order valence-corrected chi connectivity index (χ0v) is 25.0. The van der Waals surface area contributed by atoms with Gasteiger partial charge in [-0.25, -0.2) is 4.52 Å². The lowest BCUT2D eigenvalue weighted by Gasteiger charge is -2.26. The lowest BCUT2D eigenvalue weighted by Crippen LogP contribution is -2.46. The van der Waals surface area contributed by atoms with Crippen molar-refractivity contribution in [3.05, 3.63) is 59.3 Å². The smallest absolute Gasteiger partial charge is 0.270 e. The van der Waals surface area contributed by atoms with Crippen LogP contribution in [0, 0.1) is 11.8 Å². The third kappa shape index (κ3) is 7.72. The van der Waals surface area contributed by atoms with Gasteiger partial charge in [0.15, 0.2) is 0 Å². The van der Waals surface area contributed by atoms with E-state index in [1.54, 1.807) is 0 Å². The van der Waals surface area contributed by atoms with E-state index < -0.39 is 0 Å². The number of nitrogens with two attached hydrogens (primary N) is 2. The molecule has 3 aromatic rings. The van der Waals surface area contributed by atoms with Gasteiger partial charge in [-0.05, 0) is 94.3 Å². The van der Waals surface area contributed by atoms with E-state index in [1.807, 2.05) is 45.9 Å². The predicted octanol–water partition coefficient (Wildman–Crippen LogP) is 4.42. The number of nitrogens with zero attached hydrogens (tertiary/aromatic N) is 4. The summed E-state index contributed by atoms with van der Waals surface area (Å²) >= 11 is 0. The van der Waals surface area contributed by atoms with E-state index in [0.717, 1.165) is 73.2 Å². The molecule has 7 nitrogen and oxygen atoms in total. The van der Waals surface area contributed by atoms with Crippen LogP contribution in [0.2, 0.25) is 0 Å². The molecule has 0 spiro atoms. The van der Waals surface area contributed by atoms with Crippen molar-refractivity contribution in [2.24, 2.45) is 17.6 Å². The van der Waals surface area contributed by atoms with Crippen LogP contribution in [-0.4, -0.2) is 63.9 Å². The van der Waals surface area contributed by atoms with Crippen LogP contribution in [0.25, 0.3) is 16.8 Å². The number of hydrogen-bond donors (Lipinski definition) is 2. The van der Waals surface area contributed by atoms with Gasteiger partial charge in [-0.2, -0.15) is 5.10 Å². The van der Waals surface area contributed by atoms with Crippen molar-refractivity contribution in [2.75, 3.05) is 32.7 Å². The average Bonchev–Trinajstić information content (AvgIpc) is 3.31. The number of carbonyl (C=O) groups excluding carboxylic acids is 1. The minimum absolute atomic E-state index is 0.115. The number of likely N-dealkylation sites (tertiary alicyclic amines) is 1. The van der Waals surface area contributed by atoms with Gasteiger partial charge in [0.2, 0.25) is 0 Å². The van der Waals surface area contributed by atoms with Gasteiger partial charge in [0, 0.05) is 36.0 Å². The molecule has 1 aliphatic heterocycles. The van der Waals surface area contributed by atoms with Gasteiger partial charge >= 0.3 is 0 Å². The number of carbonyl (C=O) groups is 1. The minimum Gasteiger partial charge on any atom is -0.339 e. The van der Waals surface area contributed by atoms with Crippen LogP contribution in [0.1, 0.15) is 87.7 Å². The Bertz CT molecular complexity index is 1260. The number of aryl methyl sites for hydroxylation is 1. The highest BCUT2D eigenvalue weighted by molar-refractivity contribution is 5.96. The minimum atomic E-state index is 0.115. The summed E-state index contributed by atoms with van der Waals surface area (Å²) in [4.78, 5) is 18.4. The Labute approximate surface area is 240 Å². The quantitative estimate of drug-likeness (QED) is 0.246. The molecule has 1 aliphatic rings. The van der Waals surface area contributed by atoms with Gasteiger partial charge in [-0.1, -0.05) is 46.2 Å². The van der Waals surface area contributed by atoms with Crippen LogP contribution in [0.15, 0.2) is 42.6 Å². The molecule has 0 bridgehead atoms. The van der Waals surface area contributed by atoms with Crippen molar-refractivity contribution in [1.29, 1.82) is 0 Å². The van der Waals surface area contributed by atoms with Gasteiger partial charge in [0.1, 0.15) is 0 Å². The summed E-state index contributed by atoms with van der Waals surface area (Å²) in [6.45, 7) is 13.9. The Balaban J connectivity index is 1.66. The molecule has 1 amide bonds. The zero-order valence-electron chi connectivity index (χ0n) is 25.0. The lowest BCUT2D eigenvalue weighted by molar-refractivity contribution is -0.114.